The van der Waals surface area contributed by atoms with Crippen LogP contribution in [0.2, 0.25) is 19.6 Å². The molecule has 0 saturated carbocycles. The summed E-state index contributed by atoms with van der Waals surface area (Å²) in [5.74, 6) is 4.20. The summed E-state index contributed by atoms with van der Waals surface area (Å²) in [5.41, 5.74) is 11.8. The smallest absolute Gasteiger partial charge is 0.164 e. The summed E-state index contributed by atoms with van der Waals surface area (Å²) in [7, 11) is -1.57. The quantitative estimate of drug-likeness (QED) is 0.133. The topological polar surface area (TPSA) is 86.6 Å². The van der Waals surface area contributed by atoms with Crippen LogP contribution in [0.3, 0.4) is 0 Å². The average Bonchev–Trinajstić information content (AvgIpc) is 3.56. The second-order valence-electron chi connectivity index (χ2n) is 20.9. The van der Waals surface area contributed by atoms with Gasteiger partial charge in [0.1, 0.15) is 5.75 Å². The Hall–Kier alpha value is -9.24. The molecule has 0 spiro atoms. The summed E-state index contributed by atoms with van der Waals surface area (Å²) in [6.07, 6.45) is 0. The first-order chi connectivity index (χ1) is 37.0. The van der Waals surface area contributed by atoms with Crippen molar-refractivity contribution in [2.75, 3.05) is 0 Å². The van der Waals surface area contributed by atoms with Crippen LogP contribution in [0.5, 0.6) is 5.75 Å². The maximum atomic E-state index is 7.27. The first-order valence-corrected chi connectivity index (χ1v) is 29.3. The lowest BCUT2D eigenvalue weighted by Crippen LogP contribution is -2.37. The number of benzene rings is 10. The van der Waals surface area contributed by atoms with Crippen LogP contribution in [-0.2, 0) is 5.60 Å². The number of fused-ring (bicyclic) bond motifs is 5. The van der Waals surface area contributed by atoms with Gasteiger partial charge in [0.25, 0.3) is 0 Å². The highest BCUT2D eigenvalue weighted by atomic mass is 28.3. The molecular weight excluding hydrogens is 945 g/mol. The minimum atomic E-state index is -1.57. The molecule has 0 bridgehead atoms. The van der Waals surface area contributed by atoms with Gasteiger partial charge in [0.15, 0.2) is 40.5 Å². The van der Waals surface area contributed by atoms with Gasteiger partial charge in [-0.25, -0.2) is 29.9 Å². The largest absolute Gasteiger partial charge is 0.477 e. The Balaban J connectivity index is 1.04. The van der Waals surface area contributed by atoms with Crippen molar-refractivity contribution in [2.24, 2.45) is 0 Å². The number of ether oxygens (including phenoxy) is 1. The summed E-state index contributed by atoms with van der Waals surface area (Å²) in [5, 5.41) is 5.94. The molecule has 1 aliphatic rings. The molecule has 0 N–H and O–H groups in total. The molecule has 76 heavy (non-hydrogen) atoms. The molecular formula is C68H52N6OSi. The van der Waals surface area contributed by atoms with Crippen molar-refractivity contribution in [1.82, 2.24) is 29.9 Å². The average molecular weight is 997 g/mol. The molecule has 364 valence electrons. The van der Waals surface area contributed by atoms with Crippen LogP contribution in [0.1, 0.15) is 23.6 Å². The van der Waals surface area contributed by atoms with Gasteiger partial charge in [0.2, 0.25) is 0 Å². The molecule has 0 aliphatic carbocycles. The maximum absolute atomic E-state index is 7.27. The highest BCUT2D eigenvalue weighted by Crippen LogP contribution is 2.50. The fraction of sp³-hybridized carbons (Fsp3) is 0.0882. The minimum Gasteiger partial charge on any atom is -0.477 e. The van der Waals surface area contributed by atoms with Gasteiger partial charge in [-0.05, 0) is 99.6 Å². The molecule has 8 heteroatoms. The zero-order chi connectivity index (χ0) is 51.5. The van der Waals surface area contributed by atoms with Crippen molar-refractivity contribution >= 4 is 34.8 Å². The van der Waals surface area contributed by atoms with Crippen molar-refractivity contribution < 1.29 is 4.74 Å². The molecule has 10 aromatic carbocycles. The van der Waals surface area contributed by atoms with Gasteiger partial charge in [0, 0.05) is 44.5 Å². The van der Waals surface area contributed by atoms with Crippen molar-refractivity contribution in [3.05, 3.63) is 241 Å². The fourth-order valence-electron chi connectivity index (χ4n) is 10.7. The monoisotopic (exact) mass is 996 g/mol. The summed E-state index contributed by atoms with van der Waals surface area (Å²) in [4.78, 5) is 31.7. The van der Waals surface area contributed by atoms with Gasteiger partial charge in [-0.1, -0.05) is 213 Å². The van der Waals surface area contributed by atoms with Gasteiger partial charge < -0.3 is 4.74 Å². The molecule has 12 aromatic rings. The SMILES string of the molecule is Cc1cc(-c2nc(-c3ccc(-c4nc(-c5ccccc5)nc(-c5ccc([Si](C)(C)C)cc5)n4)c(-c4ccc5c(c4)OC(C)(c4ccccc4)c4ccccc4-5)c3)nc(-c3ccc4ccccc4c3)n2)cc2ccccc12. The third-order valence-corrected chi connectivity index (χ3v) is 16.9. The number of rotatable bonds is 9. The van der Waals surface area contributed by atoms with Crippen LogP contribution < -0.4 is 9.92 Å². The van der Waals surface area contributed by atoms with E-state index in [1.807, 2.05) is 36.4 Å². The molecule has 0 amide bonds. The van der Waals surface area contributed by atoms with Gasteiger partial charge in [-0.15, -0.1) is 0 Å². The zero-order valence-corrected chi connectivity index (χ0v) is 44.0. The van der Waals surface area contributed by atoms with Crippen LogP contribution in [0.15, 0.2) is 224 Å². The summed E-state index contributed by atoms with van der Waals surface area (Å²) in [6, 6.07) is 78.4. The van der Waals surface area contributed by atoms with E-state index < -0.39 is 13.7 Å². The van der Waals surface area contributed by atoms with E-state index in [-0.39, 0.29) is 0 Å². The van der Waals surface area contributed by atoms with E-state index >= 15 is 0 Å². The molecule has 13 rings (SSSR count). The third kappa shape index (κ3) is 8.52. The molecule has 2 aromatic heterocycles. The standard InChI is InChI=1S/C68H52N6OSi/c1-43-38-52(40-48-22-14-15-25-55(43)48)66-71-64(50-29-28-44-18-12-13-21-47(44)39-50)70-65(72-66)51-33-37-58(67-73-62(45-19-8-6-9-20-45)69-63(74-67)46-30-34-54(35-31-46)76(3,4)5)59(41-51)49-32-36-57-56-26-16-17-27-60(56)68(2,75-61(57)42-49)53-23-10-7-11-24-53/h6-42H,1-5H3. The lowest BCUT2D eigenvalue weighted by atomic mass is 9.80. The van der Waals surface area contributed by atoms with Crippen molar-refractivity contribution in [1.29, 1.82) is 0 Å². The Morgan fingerprint density at radius 3 is 1.59 bits per heavy atom. The molecule has 3 heterocycles. The van der Waals surface area contributed by atoms with Crippen LogP contribution >= 0.6 is 0 Å². The van der Waals surface area contributed by atoms with Crippen LogP contribution in [0.4, 0.5) is 0 Å². The first-order valence-electron chi connectivity index (χ1n) is 25.8. The number of hydrogen-bond donors (Lipinski definition) is 0. The summed E-state index contributed by atoms with van der Waals surface area (Å²) < 4.78 is 7.27. The summed E-state index contributed by atoms with van der Waals surface area (Å²) >= 11 is 0. The molecule has 0 fully saturated rings. The number of hydrogen-bond acceptors (Lipinski definition) is 7. The van der Waals surface area contributed by atoms with Crippen LogP contribution in [-0.4, -0.2) is 38.0 Å². The summed E-state index contributed by atoms with van der Waals surface area (Å²) in [6.45, 7) is 11.4. The molecule has 0 saturated heterocycles. The van der Waals surface area contributed by atoms with Gasteiger partial charge in [-0.2, -0.15) is 0 Å². The predicted molar refractivity (Wildman–Crippen MR) is 313 cm³/mol. The first kappa shape index (κ1) is 46.5. The Morgan fingerprint density at radius 2 is 0.868 bits per heavy atom. The Morgan fingerprint density at radius 1 is 0.355 bits per heavy atom. The second-order valence-corrected chi connectivity index (χ2v) is 26.0. The van der Waals surface area contributed by atoms with Gasteiger partial charge in [-0.3, -0.25) is 0 Å². The Labute approximate surface area is 443 Å². The lowest BCUT2D eigenvalue weighted by Gasteiger charge is -2.38. The van der Waals surface area contributed by atoms with Crippen molar-refractivity contribution in [3.8, 4) is 96.3 Å². The van der Waals surface area contributed by atoms with E-state index in [2.05, 4.69) is 222 Å². The zero-order valence-electron chi connectivity index (χ0n) is 43.0. The van der Waals surface area contributed by atoms with E-state index in [4.69, 9.17) is 34.6 Å². The van der Waals surface area contributed by atoms with E-state index in [1.54, 1.807) is 0 Å². The fourth-order valence-corrected chi connectivity index (χ4v) is 11.8. The van der Waals surface area contributed by atoms with Crippen LogP contribution in [0.25, 0.3) is 112 Å². The third-order valence-electron chi connectivity index (χ3n) is 14.8. The second kappa shape index (κ2) is 18.6. The van der Waals surface area contributed by atoms with E-state index in [0.29, 0.717) is 34.9 Å². The van der Waals surface area contributed by atoms with E-state index in [1.165, 1.54) is 10.6 Å². The maximum Gasteiger partial charge on any atom is 0.164 e. The highest BCUT2D eigenvalue weighted by Gasteiger charge is 2.38. The molecule has 1 atom stereocenters. The number of nitrogens with zero attached hydrogens (tertiary/aromatic N) is 6. The Bertz CT molecular complexity index is 4210. The van der Waals surface area contributed by atoms with E-state index in [9.17, 15) is 0 Å². The molecule has 1 unspecified atom stereocenters. The van der Waals surface area contributed by atoms with Gasteiger partial charge >= 0.3 is 0 Å². The van der Waals surface area contributed by atoms with Gasteiger partial charge in [0.05, 0.1) is 8.07 Å². The van der Waals surface area contributed by atoms with E-state index in [0.717, 1.165) is 94.2 Å². The Kier molecular flexibility index (Phi) is 11.4. The van der Waals surface area contributed by atoms with Crippen LogP contribution in [0, 0.1) is 6.92 Å². The predicted octanol–water partition coefficient (Wildman–Crippen LogP) is 16.2. The minimum absolute atomic E-state index is 0.537. The molecule has 0 radical (unpaired) electrons. The highest BCUT2D eigenvalue weighted by molar-refractivity contribution is 6.88. The molecule has 7 nitrogen and oxygen atoms in total. The number of aryl methyl sites for hydroxylation is 1. The molecule has 1 aliphatic heterocycles. The lowest BCUT2D eigenvalue weighted by molar-refractivity contribution is 0.129. The van der Waals surface area contributed by atoms with Crippen molar-refractivity contribution in [3.63, 3.8) is 0 Å². The number of aromatic nitrogens is 6. The van der Waals surface area contributed by atoms with Crippen molar-refractivity contribution in [2.45, 2.75) is 39.1 Å². The normalized spacial score (nSPS) is 14.0.